The van der Waals surface area contributed by atoms with E-state index in [0.29, 0.717) is 24.8 Å². The number of rotatable bonds is 9. The number of benzene rings is 2. The number of furan rings is 1. The van der Waals surface area contributed by atoms with Crippen molar-refractivity contribution in [3.8, 4) is 0 Å². The van der Waals surface area contributed by atoms with E-state index in [1.807, 2.05) is 12.1 Å². The van der Waals surface area contributed by atoms with Crippen LogP contribution in [0.1, 0.15) is 67.4 Å². The van der Waals surface area contributed by atoms with Gasteiger partial charge in [-0.05, 0) is 60.3 Å². The molecule has 4 heteroatoms. The fourth-order valence-electron chi connectivity index (χ4n) is 5.39. The second kappa shape index (κ2) is 11.1. The molecule has 0 bridgehead atoms. The van der Waals surface area contributed by atoms with Crippen LogP contribution in [0.2, 0.25) is 0 Å². The van der Waals surface area contributed by atoms with Crippen LogP contribution < -0.4 is 5.32 Å². The molecule has 0 spiro atoms. The fraction of sp³-hybridized carbons (Fsp3) is 0.433. The van der Waals surface area contributed by atoms with Crippen LogP contribution in [0.3, 0.4) is 0 Å². The van der Waals surface area contributed by atoms with Crippen molar-refractivity contribution in [1.29, 1.82) is 0 Å². The molecule has 34 heavy (non-hydrogen) atoms. The average Bonchev–Trinajstić information content (AvgIpc) is 3.37. The molecule has 1 aliphatic rings. The predicted molar refractivity (Wildman–Crippen MR) is 136 cm³/mol. The van der Waals surface area contributed by atoms with E-state index >= 15 is 0 Å². The van der Waals surface area contributed by atoms with Gasteiger partial charge in [-0.25, -0.2) is 0 Å². The second-order valence-electron chi connectivity index (χ2n) is 10.3. The van der Waals surface area contributed by atoms with Gasteiger partial charge in [0.1, 0.15) is 5.76 Å². The summed E-state index contributed by atoms with van der Waals surface area (Å²) in [5.41, 5.74) is 3.76. The standard InChI is InChI=1S/C30H37NO3/c1-22-11-13-24(14-12-22)26(28-10-7-18-34-28)20-29(32)31-17-15-25(23-8-5-4-6-9-23)27-16-19-33-21-30(27,2)3/h4-14,18,25-27H,15-17,19-21H2,1-3H3,(H,31,32). The van der Waals surface area contributed by atoms with Crippen LogP contribution in [0.15, 0.2) is 77.4 Å². The van der Waals surface area contributed by atoms with Gasteiger partial charge in [0.05, 0.1) is 18.8 Å². The van der Waals surface area contributed by atoms with Crippen molar-refractivity contribution < 1.29 is 13.9 Å². The highest BCUT2D eigenvalue weighted by molar-refractivity contribution is 5.77. The van der Waals surface area contributed by atoms with Crippen LogP contribution in [0, 0.1) is 18.3 Å². The summed E-state index contributed by atoms with van der Waals surface area (Å²) >= 11 is 0. The minimum absolute atomic E-state index is 0.0556. The Kier molecular flexibility index (Phi) is 7.89. The number of amides is 1. The van der Waals surface area contributed by atoms with Crippen LogP contribution in [0.25, 0.3) is 0 Å². The van der Waals surface area contributed by atoms with Crippen molar-refractivity contribution >= 4 is 5.91 Å². The zero-order valence-electron chi connectivity index (χ0n) is 20.6. The molecule has 0 saturated carbocycles. The third-order valence-electron chi connectivity index (χ3n) is 7.30. The third kappa shape index (κ3) is 5.98. The van der Waals surface area contributed by atoms with Crippen molar-refractivity contribution in [1.82, 2.24) is 5.32 Å². The van der Waals surface area contributed by atoms with Crippen LogP contribution in [0.5, 0.6) is 0 Å². The molecule has 1 aromatic heterocycles. The molecular formula is C30H37NO3. The summed E-state index contributed by atoms with van der Waals surface area (Å²) < 4.78 is 11.5. The van der Waals surface area contributed by atoms with E-state index < -0.39 is 0 Å². The lowest BCUT2D eigenvalue weighted by Gasteiger charge is -2.43. The summed E-state index contributed by atoms with van der Waals surface area (Å²) in [7, 11) is 0. The Morgan fingerprint density at radius 2 is 1.79 bits per heavy atom. The van der Waals surface area contributed by atoms with E-state index in [1.165, 1.54) is 11.1 Å². The molecule has 2 aromatic carbocycles. The summed E-state index contributed by atoms with van der Waals surface area (Å²) in [5.74, 6) is 1.70. The second-order valence-corrected chi connectivity index (χ2v) is 10.3. The number of carbonyl (C=O) groups excluding carboxylic acids is 1. The predicted octanol–water partition coefficient (Wildman–Crippen LogP) is 6.46. The lowest BCUT2D eigenvalue weighted by atomic mass is 9.66. The summed E-state index contributed by atoms with van der Waals surface area (Å²) in [4.78, 5) is 13.0. The quantitative estimate of drug-likeness (QED) is 0.399. The first-order valence-electron chi connectivity index (χ1n) is 12.4. The molecule has 0 aliphatic carbocycles. The van der Waals surface area contributed by atoms with Crippen LogP contribution >= 0.6 is 0 Å². The molecule has 4 rings (SSSR count). The Hall–Kier alpha value is -2.85. The van der Waals surface area contributed by atoms with E-state index in [0.717, 1.165) is 37.4 Å². The monoisotopic (exact) mass is 459 g/mol. The SMILES string of the molecule is Cc1ccc(C(CC(=O)NCCC(c2ccccc2)C2CCOCC2(C)C)c2ccco2)cc1. The van der Waals surface area contributed by atoms with Gasteiger partial charge < -0.3 is 14.5 Å². The van der Waals surface area contributed by atoms with Crippen LogP contribution in [-0.4, -0.2) is 25.7 Å². The summed E-state index contributed by atoms with van der Waals surface area (Å²) in [6.07, 6.45) is 4.01. The first-order chi connectivity index (χ1) is 16.4. The minimum atomic E-state index is -0.0880. The average molecular weight is 460 g/mol. The Morgan fingerprint density at radius 3 is 2.47 bits per heavy atom. The molecular weight excluding hydrogens is 422 g/mol. The van der Waals surface area contributed by atoms with Gasteiger partial charge in [0.25, 0.3) is 0 Å². The zero-order valence-corrected chi connectivity index (χ0v) is 20.6. The molecule has 1 amide bonds. The topological polar surface area (TPSA) is 51.5 Å². The number of hydrogen-bond donors (Lipinski definition) is 1. The maximum Gasteiger partial charge on any atom is 0.221 e. The first kappa shape index (κ1) is 24.3. The summed E-state index contributed by atoms with van der Waals surface area (Å²) in [6, 6.07) is 22.9. The number of aryl methyl sites for hydroxylation is 1. The molecule has 1 aliphatic heterocycles. The number of ether oxygens (including phenoxy) is 1. The third-order valence-corrected chi connectivity index (χ3v) is 7.30. The maximum atomic E-state index is 13.0. The van der Waals surface area contributed by atoms with Gasteiger partial charge in [0.15, 0.2) is 0 Å². The summed E-state index contributed by atoms with van der Waals surface area (Å²) in [6.45, 7) is 8.94. The van der Waals surface area contributed by atoms with Gasteiger partial charge in [0, 0.05) is 19.6 Å². The highest BCUT2D eigenvalue weighted by Gasteiger charge is 2.38. The molecule has 1 fully saturated rings. The lowest BCUT2D eigenvalue weighted by Crippen LogP contribution is -2.39. The Labute approximate surface area is 203 Å². The van der Waals surface area contributed by atoms with E-state index in [4.69, 9.17) is 9.15 Å². The van der Waals surface area contributed by atoms with Gasteiger partial charge in [-0.1, -0.05) is 74.0 Å². The normalized spacial score (nSPS) is 19.3. The smallest absolute Gasteiger partial charge is 0.221 e. The number of nitrogens with one attached hydrogen (secondary N) is 1. The molecule has 3 unspecified atom stereocenters. The Morgan fingerprint density at radius 1 is 1.03 bits per heavy atom. The van der Waals surface area contributed by atoms with E-state index in [2.05, 4.69) is 80.7 Å². The molecule has 0 radical (unpaired) electrons. The van der Waals surface area contributed by atoms with Crippen molar-refractivity contribution in [3.05, 3.63) is 95.4 Å². The van der Waals surface area contributed by atoms with Crippen LogP contribution in [0.4, 0.5) is 0 Å². The van der Waals surface area contributed by atoms with Gasteiger partial charge in [-0.3, -0.25) is 4.79 Å². The van der Waals surface area contributed by atoms with Crippen molar-refractivity contribution in [2.45, 2.75) is 51.9 Å². The molecule has 4 nitrogen and oxygen atoms in total. The number of carbonyl (C=O) groups is 1. The maximum absolute atomic E-state index is 13.0. The highest BCUT2D eigenvalue weighted by Crippen LogP contribution is 2.44. The Bertz CT molecular complexity index is 1020. The fourth-order valence-corrected chi connectivity index (χ4v) is 5.39. The molecule has 1 N–H and O–H groups in total. The number of hydrogen-bond acceptors (Lipinski definition) is 3. The van der Waals surface area contributed by atoms with Crippen molar-refractivity contribution in [2.75, 3.05) is 19.8 Å². The zero-order chi connectivity index (χ0) is 24.0. The van der Waals surface area contributed by atoms with E-state index in [-0.39, 0.29) is 17.2 Å². The van der Waals surface area contributed by atoms with Gasteiger partial charge in [-0.15, -0.1) is 0 Å². The van der Waals surface area contributed by atoms with Gasteiger partial charge in [-0.2, -0.15) is 0 Å². The van der Waals surface area contributed by atoms with Crippen LogP contribution in [-0.2, 0) is 9.53 Å². The van der Waals surface area contributed by atoms with E-state index in [1.54, 1.807) is 6.26 Å². The molecule has 3 aromatic rings. The Balaban J connectivity index is 1.42. The highest BCUT2D eigenvalue weighted by atomic mass is 16.5. The van der Waals surface area contributed by atoms with Crippen molar-refractivity contribution in [3.63, 3.8) is 0 Å². The largest absolute Gasteiger partial charge is 0.469 e. The first-order valence-corrected chi connectivity index (χ1v) is 12.4. The van der Waals surface area contributed by atoms with Gasteiger partial charge >= 0.3 is 0 Å². The van der Waals surface area contributed by atoms with E-state index in [9.17, 15) is 4.79 Å². The van der Waals surface area contributed by atoms with Gasteiger partial charge in [0.2, 0.25) is 5.91 Å². The molecule has 1 saturated heterocycles. The van der Waals surface area contributed by atoms with Crippen molar-refractivity contribution in [2.24, 2.45) is 11.3 Å². The summed E-state index contributed by atoms with van der Waals surface area (Å²) in [5, 5.41) is 3.21. The molecule has 2 heterocycles. The minimum Gasteiger partial charge on any atom is -0.469 e. The lowest BCUT2D eigenvalue weighted by molar-refractivity contribution is -0.121. The molecule has 180 valence electrons. The molecule has 3 atom stereocenters.